The van der Waals surface area contributed by atoms with Crippen LogP contribution in [0.4, 0.5) is 0 Å². The normalized spacial score (nSPS) is 37.8. The van der Waals surface area contributed by atoms with Crippen LogP contribution in [0.3, 0.4) is 0 Å². The minimum Gasteiger partial charge on any atom is -0.507 e. The van der Waals surface area contributed by atoms with Gasteiger partial charge in [-0.15, -0.1) is 0 Å². The first-order chi connectivity index (χ1) is 25.1. The first-order valence-corrected chi connectivity index (χ1v) is 16.4. The molecule has 15 atom stereocenters. The fourth-order valence-electron chi connectivity index (χ4n) is 6.22. The predicted molar refractivity (Wildman–Crippen MR) is 171 cm³/mol. The van der Waals surface area contributed by atoms with Gasteiger partial charge in [-0.05, 0) is 19.1 Å². The van der Waals surface area contributed by atoms with E-state index in [-0.39, 0.29) is 33.8 Å². The SMILES string of the molecule is C[C@@H]1O[C@@H](OC[C@H]2O[C@@H](Oc3cc4c(O)cc(O)cc4[o+]c3-c3ccc(O)c(O)c3)[C@H](O[C@@H]3O[C@H](CO)[C@@H](O)[C@H](O)[C@H]3O)[C@@H](O)[C@@H]2O)[C@H](O)[C@H](O)[C@H]1O. The van der Waals surface area contributed by atoms with Crippen LogP contribution < -0.4 is 4.74 Å². The highest BCUT2D eigenvalue weighted by Crippen LogP contribution is 2.43. The Morgan fingerprint density at radius 3 is 2.00 bits per heavy atom. The molecule has 0 amide bonds. The smallest absolute Gasteiger partial charge is 0.402 e. The maximum Gasteiger partial charge on any atom is 0.402 e. The number of rotatable bonds is 9. The Hall–Kier alpha value is -3.71. The molecule has 13 N–H and O–H groups in total. The number of benzene rings is 2. The molecule has 0 aliphatic carbocycles. The van der Waals surface area contributed by atoms with Crippen molar-refractivity contribution in [3.05, 3.63) is 36.4 Å². The van der Waals surface area contributed by atoms with E-state index in [1.165, 1.54) is 19.1 Å². The molecule has 3 aliphatic heterocycles. The molecule has 0 radical (unpaired) electrons. The van der Waals surface area contributed by atoms with Crippen LogP contribution in [-0.4, -0.2) is 172 Å². The van der Waals surface area contributed by atoms with Crippen molar-refractivity contribution < 1.29 is 99.2 Å². The summed E-state index contributed by atoms with van der Waals surface area (Å²) in [6.07, 6.45) is -25.4. The highest BCUT2D eigenvalue weighted by molar-refractivity contribution is 5.88. The molecule has 0 saturated carbocycles. The Labute approximate surface area is 299 Å². The Balaban J connectivity index is 1.37. The van der Waals surface area contributed by atoms with Crippen molar-refractivity contribution >= 4 is 11.0 Å². The molecule has 20 heteroatoms. The molecule has 3 fully saturated rings. The second-order valence-corrected chi connectivity index (χ2v) is 13.0. The largest absolute Gasteiger partial charge is 0.507 e. The number of hydrogen-bond donors (Lipinski definition) is 13. The lowest BCUT2D eigenvalue weighted by Crippen LogP contribution is -2.65. The molecule has 53 heavy (non-hydrogen) atoms. The molecule has 20 nitrogen and oxygen atoms in total. The van der Waals surface area contributed by atoms with Crippen molar-refractivity contribution in [1.29, 1.82) is 0 Å². The van der Waals surface area contributed by atoms with Crippen LogP contribution in [0, 0.1) is 0 Å². The van der Waals surface area contributed by atoms with E-state index < -0.39 is 123 Å². The number of ether oxygens (including phenoxy) is 6. The number of phenolic OH excluding ortho intramolecular Hbond substituents is 4. The summed E-state index contributed by atoms with van der Waals surface area (Å²) < 4.78 is 40.4. The van der Waals surface area contributed by atoms with Gasteiger partial charge in [0.15, 0.2) is 30.2 Å². The fraction of sp³-hybridized carbons (Fsp3) is 0.545. The Morgan fingerprint density at radius 1 is 0.642 bits per heavy atom. The van der Waals surface area contributed by atoms with E-state index in [2.05, 4.69) is 0 Å². The van der Waals surface area contributed by atoms with Crippen LogP contribution in [0.2, 0.25) is 0 Å². The predicted octanol–water partition coefficient (Wildman–Crippen LogP) is -2.94. The number of aliphatic hydroxyl groups is 9. The molecular formula is C33H41O20+. The Kier molecular flexibility index (Phi) is 11.5. The van der Waals surface area contributed by atoms with E-state index in [1.807, 2.05) is 0 Å². The zero-order valence-corrected chi connectivity index (χ0v) is 27.7. The Morgan fingerprint density at radius 2 is 1.30 bits per heavy atom. The summed E-state index contributed by atoms with van der Waals surface area (Å²) in [7, 11) is 0. The van der Waals surface area contributed by atoms with Crippen LogP contribution >= 0.6 is 0 Å². The number of phenols is 4. The summed E-state index contributed by atoms with van der Waals surface area (Å²) in [6.45, 7) is -0.0603. The third-order valence-electron chi connectivity index (χ3n) is 9.31. The van der Waals surface area contributed by atoms with Gasteiger partial charge < -0.3 is 94.8 Å². The maximum absolute atomic E-state index is 11.4. The molecule has 0 spiro atoms. The van der Waals surface area contributed by atoms with Gasteiger partial charge in [0.2, 0.25) is 12.0 Å². The lowest BCUT2D eigenvalue weighted by Gasteiger charge is -2.46. The Bertz CT molecular complexity index is 1740. The van der Waals surface area contributed by atoms with Gasteiger partial charge in [0.1, 0.15) is 77.9 Å². The molecule has 0 bridgehead atoms. The van der Waals surface area contributed by atoms with Crippen molar-refractivity contribution in [2.45, 2.75) is 99.0 Å². The van der Waals surface area contributed by atoms with E-state index in [1.54, 1.807) is 0 Å². The molecule has 6 rings (SSSR count). The van der Waals surface area contributed by atoms with E-state index in [0.29, 0.717) is 0 Å². The quantitative estimate of drug-likeness (QED) is 0.0767. The number of hydrogen-bond acceptors (Lipinski definition) is 19. The topological polar surface area (TPSA) is 330 Å². The molecule has 3 aliphatic rings. The minimum absolute atomic E-state index is 0.0227. The van der Waals surface area contributed by atoms with Crippen molar-refractivity contribution in [1.82, 2.24) is 0 Å². The van der Waals surface area contributed by atoms with E-state index in [9.17, 15) is 66.4 Å². The van der Waals surface area contributed by atoms with Gasteiger partial charge in [-0.3, -0.25) is 0 Å². The summed E-state index contributed by atoms with van der Waals surface area (Å²) in [6, 6.07) is 6.93. The van der Waals surface area contributed by atoms with E-state index in [0.717, 1.165) is 24.3 Å². The minimum atomic E-state index is -2.00. The van der Waals surface area contributed by atoms with Gasteiger partial charge in [0, 0.05) is 18.2 Å². The second-order valence-electron chi connectivity index (χ2n) is 13.0. The second kappa shape index (κ2) is 15.6. The van der Waals surface area contributed by atoms with Gasteiger partial charge >= 0.3 is 11.3 Å². The molecule has 4 heterocycles. The average molecular weight is 758 g/mol. The lowest BCUT2D eigenvalue weighted by molar-refractivity contribution is -0.362. The molecule has 292 valence electrons. The van der Waals surface area contributed by atoms with Crippen LogP contribution in [0.1, 0.15) is 6.92 Å². The zero-order valence-electron chi connectivity index (χ0n) is 27.7. The summed E-state index contributed by atoms with van der Waals surface area (Å²) in [5.41, 5.74) is -0.00795. The molecular weight excluding hydrogens is 716 g/mol. The first-order valence-electron chi connectivity index (χ1n) is 16.4. The van der Waals surface area contributed by atoms with Gasteiger partial charge in [0.05, 0.1) is 30.9 Å². The third-order valence-corrected chi connectivity index (χ3v) is 9.31. The zero-order chi connectivity index (χ0) is 38.5. The molecule has 1 aromatic heterocycles. The van der Waals surface area contributed by atoms with Crippen LogP contribution in [0.15, 0.2) is 40.8 Å². The molecule has 0 unspecified atom stereocenters. The highest BCUT2D eigenvalue weighted by atomic mass is 16.8. The van der Waals surface area contributed by atoms with Crippen molar-refractivity contribution in [3.63, 3.8) is 0 Å². The van der Waals surface area contributed by atoms with Crippen molar-refractivity contribution in [2.24, 2.45) is 0 Å². The lowest BCUT2D eigenvalue weighted by atomic mass is 9.97. The number of aromatic hydroxyl groups is 4. The third kappa shape index (κ3) is 7.65. The van der Waals surface area contributed by atoms with Gasteiger partial charge in [-0.25, -0.2) is 4.42 Å². The van der Waals surface area contributed by atoms with E-state index >= 15 is 0 Å². The summed E-state index contributed by atoms with van der Waals surface area (Å²) in [5, 5.41) is 135. The summed E-state index contributed by atoms with van der Waals surface area (Å²) in [5.74, 6) is -2.41. The summed E-state index contributed by atoms with van der Waals surface area (Å²) >= 11 is 0. The van der Waals surface area contributed by atoms with Crippen LogP contribution in [-0.2, 0) is 23.7 Å². The van der Waals surface area contributed by atoms with Crippen LogP contribution in [0.5, 0.6) is 28.7 Å². The van der Waals surface area contributed by atoms with Crippen LogP contribution in [0.25, 0.3) is 22.3 Å². The maximum atomic E-state index is 11.4. The monoisotopic (exact) mass is 757 g/mol. The van der Waals surface area contributed by atoms with Gasteiger partial charge in [0.25, 0.3) is 0 Å². The standard InChI is InChI=1S/C33H40O20/c1-10-21(39)24(42)27(45)31(48-10)47-9-20-23(41)26(44)30(53-32-28(46)25(43)22(40)19(8-34)51-32)33(52-20)50-18-7-13-15(37)5-12(35)6-17(13)49-29(18)11-2-3-14(36)16(38)4-11/h2-7,10,19-28,30-34,39-46H,8-9H2,1H3,(H3-,35,36,37,38)/p+1/t10-,19+,20+,21-,22+,23+,24+,25-,26-,27+,28+,30+,31+,32-,33+/m0/s1. The molecule has 2 aromatic carbocycles. The van der Waals surface area contributed by atoms with Gasteiger partial charge in [-0.1, -0.05) is 0 Å². The van der Waals surface area contributed by atoms with Crippen molar-refractivity contribution in [3.8, 4) is 40.1 Å². The fourth-order valence-corrected chi connectivity index (χ4v) is 6.22. The van der Waals surface area contributed by atoms with E-state index in [4.69, 9.17) is 32.8 Å². The summed E-state index contributed by atoms with van der Waals surface area (Å²) in [4.78, 5) is 0. The number of fused-ring (bicyclic) bond motifs is 1. The first kappa shape index (κ1) is 39.0. The van der Waals surface area contributed by atoms with Crippen molar-refractivity contribution in [2.75, 3.05) is 13.2 Å². The molecule has 3 aromatic rings. The number of aliphatic hydroxyl groups excluding tert-OH is 9. The highest BCUT2D eigenvalue weighted by Gasteiger charge is 2.52. The average Bonchev–Trinajstić information content (AvgIpc) is 3.12. The molecule has 3 saturated heterocycles. The van der Waals surface area contributed by atoms with Gasteiger partial charge in [-0.2, -0.15) is 0 Å².